The number of carbonyl (C=O) groups excluding carboxylic acids is 1. The van der Waals surface area contributed by atoms with Gasteiger partial charge < -0.3 is 14.6 Å². The molecule has 3 rings (SSSR count). The Morgan fingerprint density at radius 3 is 2.09 bits per heavy atom. The van der Waals surface area contributed by atoms with Gasteiger partial charge in [-0.3, -0.25) is 4.79 Å². The summed E-state index contributed by atoms with van der Waals surface area (Å²) in [6.45, 7) is 9.68. The standard InChI is InChI=1S/C18H22BNO3/c1-12(21)20-16-11-10-15(13-8-6-7-9-14(13)16)19-22-17(2,3)18(4,5)23-19/h6-11H,1-5H3,(H,20,21). The molecule has 1 amide bonds. The Balaban J connectivity index is 2.09. The van der Waals surface area contributed by atoms with E-state index in [1.54, 1.807) is 0 Å². The first-order valence-corrected chi connectivity index (χ1v) is 7.86. The number of nitrogens with one attached hydrogen (secondary N) is 1. The van der Waals surface area contributed by atoms with Crippen molar-refractivity contribution in [3.63, 3.8) is 0 Å². The Kier molecular flexibility index (Phi) is 3.73. The molecule has 0 unspecified atom stereocenters. The summed E-state index contributed by atoms with van der Waals surface area (Å²) in [5.74, 6) is -0.0847. The molecule has 0 radical (unpaired) electrons. The minimum atomic E-state index is -0.420. The maximum Gasteiger partial charge on any atom is 0.495 e. The van der Waals surface area contributed by atoms with Gasteiger partial charge in [-0.15, -0.1) is 0 Å². The summed E-state index contributed by atoms with van der Waals surface area (Å²) in [4.78, 5) is 11.4. The lowest BCUT2D eigenvalue weighted by Crippen LogP contribution is -2.41. The molecule has 1 saturated heterocycles. The van der Waals surface area contributed by atoms with Crippen LogP contribution in [0.3, 0.4) is 0 Å². The lowest BCUT2D eigenvalue weighted by molar-refractivity contribution is -0.114. The summed E-state index contributed by atoms with van der Waals surface area (Å²) >= 11 is 0. The van der Waals surface area contributed by atoms with Crippen molar-refractivity contribution in [1.82, 2.24) is 0 Å². The zero-order valence-electron chi connectivity index (χ0n) is 14.3. The summed E-state index contributed by atoms with van der Waals surface area (Å²) in [7, 11) is -0.420. The van der Waals surface area contributed by atoms with Crippen LogP contribution in [0.1, 0.15) is 34.6 Å². The highest BCUT2D eigenvalue weighted by Crippen LogP contribution is 2.37. The number of amides is 1. The molecule has 4 nitrogen and oxygen atoms in total. The third kappa shape index (κ3) is 2.75. The van der Waals surface area contributed by atoms with Crippen LogP contribution in [0.25, 0.3) is 10.8 Å². The van der Waals surface area contributed by atoms with E-state index in [0.717, 1.165) is 21.9 Å². The highest BCUT2D eigenvalue weighted by molar-refractivity contribution is 6.65. The summed E-state index contributed by atoms with van der Waals surface area (Å²) in [5.41, 5.74) is 1.02. The first-order valence-electron chi connectivity index (χ1n) is 7.86. The highest BCUT2D eigenvalue weighted by Gasteiger charge is 2.52. The average molecular weight is 311 g/mol. The van der Waals surface area contributed by atoms with E-state index < -0.39 is 7.12 Å². The van der Waals surface area contributed by atoms with Crippen molar-refractivity contribution >= 4 is 34.9 Å². The van der Waals surface area contributed by atoms with E-state index in [4.69, 9.17) is 9.31 Å². The predicted octanol–water partition coefficient (Wildman–Crippen LogP) is 3.10. The van der Waals surface area contributed by atoms with E-state index in [1.807, 2.05) is 64.1 Å². The zero-order chi connectivity index (χ0) is 16.8. The van der Waals surface area contributed by atoms with E-state index in [-0.39, 0.29) is 17.1 Å². The summed E-state index contributed by atoms with van der Waals surface area (Å²) in [6, 6.07) is 11.8. The number of anilines is 1. The van der Waals surface area contributed by atoms with E-state index in [2.05, 4.69) is 5.32 Å². The first kappa shape index (κ1) is 16.0. The van der Waals surface area contributed by atoms with E-state index in [9.17, 15) is 4.79 Å². The van der Waals surface area contributed by atoms with E-state index in [1.165, 1.54) is 6.92 Å². The molecule has 2 aromatic rings. The second kappa shape index (κ2) is 5.36. The van der Waals surface area contributed by atoms with Gasteiger partial charge >= 0.3 is 7.12 Å². The Bertz CT molecular complexity index is 754. The normalized spacial score (nSPS) is 19.1. The molecule has 0 aliphatic carbocycles. The summed E-state index contributed by atoms with van der Waals surface area (Å²) in [5, 5.41) is 4.88. The summed E-state index contributed by atoms with van der Waals surface area (Å²) in [6.07, 6.45) is 0. The monoisotopic (exact) mass is 311 g/mol. The molecule has 1 heterocycles. The fraction of sp³-hybridized carbons (Fsp3) is 0.389. The minimum Gasteiger partial charge on any atom is -0.399 e. The third-order valence-corrected chi connectivity index (χ3v) is 4.78. The van der Waals surface area contributed by atoms with Crippen molar-refractivity contribution in [2.45, 2.75) is 45.8 Å². The van der Waals surface area contributed by atoms with Gasteiger partial charge in [-0.1, -0.05) is 30.3 Å². The fourth-order valence-corrected chi connectivity index (χ4v) is 2.80. The van der Waals surface area contributed by atoms with Gasteiger partial charge in [-0.25, -0.2) is 0 Å². The van der Waals surface area contributed by atoms with Crippen LogP contribution in [-0.4, -0.2) is 24.2 Å². The van der Waals surface area contributed by atoms with Crippen molar-refractivity contribution in [3.05, 3.63) is 36.4 Å². The fourth-order valence-electron chi connectivity index (χ4n) is 2.80. The molecule has 0 spiro atoms. The average Bonchev–Trinajstić information content (AvgIpc) is 2.67. The largest absolute Gasteiger partial charge is 0.495 e. The molecular weight excluding hydrogens is 289 g/mol. The topological polar surface area (TPSA) is 47.6 Å². The molecule has 1 fully saturated rings. The van der Waals surface area contributed by atoms with Gasteiger partial charge in [-0.2, -0.15) is 0 Å². The van der Waals surface area contributed by atoms with Gasteiger partial charge in [0.2, 0.25) is 5.91 Å². The molecule has 1 aliphatic rings. The Morgan fingerprint density at radius 1 is 0.957 bits per heavy atom. The lowest BCUT2D eigenvalue weighted by Gasteiger charge is -2.32. The molecular formula is C18H22BNO3. The van der Waals surface area contributed by atoms with Gasteiger partial charge in [-0.05, 0) is 44.6 Å². The predicted molar refractivity (Wildman–Crippen MR) is 94.0 cm³/mol. The lowest BCUT2D eigenvalue weighted by atomic mass is 9.76. The molecule has 1 aliphatic heterocycles. The number of rotatable bonds is 2. The van der Waals surface area contributed by atoms with Gasteiger partial charge in [0.15, 0.2) is 0 Å². The SMILES string of the molecule is CC(=O)Nc1ccc(B2OC(C)(C)C(C)(C)O2)c2ccccc12. The van der Waals surface area contributed by atoms with Crippen molar-refractivity contribution in [2.75, 3.05) is 5.32 Å². The molecule has 5 heteroatoms. The maximum absolute atomic E-state index is 11.4. The van der Waals surface area contributed by atoms with Crippen LogP contribution in [-0.2, 0) is 14.1 Å². The van der Waals surface area contributed by atoms with Crippen LogP contribution in [0.4, 0.5) is 5.69 Å². The molecule has 2 aromatic carbocycles. The molecule has 1 N–H and O–H groups in total. The Labute approximate surface area is 137 Å². The third-order valence-electron chi connectivity index (χ3n) is 4.78. The summed E-state index contributed by atoms with van der Waals surface area (Å²) < 4.78 is 12.3. The number of fused-ring (bicyclic) bond motifs is 1. The van der Waals surface area contributed by atoms with Gasteiger partial charge in [0.1, 0.15) is 0 Å². The van der Waals surface area contributed by atoms with Crippen molar-refractivity contribution in [2.24, 2.45) is 0 Å². The maximum atomic E-state index is 11.4. The van der Waals surface area contributed by atoms with Crippen LogP contribution in [0, 0.1) is 0 Å². The molecule has 120 valence electrons. The number of benzene rings is 2. The quantitative estimate of drug-likeness (QED) is 0.867. The van der Waals surface area contributed by atoms with Crippen LogP contribution in [0.2, 0.25) is 0 Å². The van der Waals surface area contributed by atoms with Gasteiger partial charge in [0, 0.05) is 18.0 Å². The zero-order valence-corrected chi connectivity index (χ0v) is 14.3. The Morgan fingerprint density at radius 2 is 1.52 bits per heavy atom. The van der Waals surface area contributed by atoms with Crippen molar-refractivity contribution in [1.29, 1.82) is 0 Å². The van der Waals surface area contributed by atoms with Crippen LogP contribution in [0.5, 0.6) is 0 Å². The van der Waals surface area contributed by atoms with E-state index >= 15 is 0 Å². The molecule has 0 saturated carbocycles. The number of carbonyl (C=O) groups is 1. The molecule has 0 atom stereocenters. The second-order valence-electron chi connectivity index (χ2n) is 7.02. The molecule has 0 aromatic heterocycles. The highest BCUT2D eigenvalue weighted by atomic mass is 16.7. The van der Waals surface area contributed by atoms with E-state index in [0.29, 0.717) is 0 Å². The van der Waals surface area contributed by atoms with Crippen LogP contribution < -0.4 is 10.8 Å². The minimum absolute atomic E-state index is 0.0847. The van der Waals surface area contributed by atoms with Gasteiger partial charge in [0.05, 0.1) is 11.2 Å². The molecule has 0 bridgehead atoms. The number of hydrogen-bond acceptors (Lipinski definition) is 3. The Hall–Kier alpha value is -1.85. The first-order chi connectivity index (χ1) is 10.7. The smallest absolute Gasteiger partial charge is 0.399 e. The van der Waals surface area contributed by atoms with Crippen molar-refractivity contribution in [3.8, 4) is 0 Å². The van der Waals surface area contributed by atoms with Crippen molar-refractivity contribution < 1.29 is 14.1 Å². The number of hydrogen-bond donors (Lipinski definition) is 1. The van der Waals surface area contributed by atoms with Crippen LogP contribution in [0.15, 0.2) is 36.4 Å². The van der Waals surface area contributed by atoms with Crippen LogP contribution >= 0.6 is 0 Å². The second-order valence-corrected chi connectivity index (χ2v) is 7.02. The van der Waals surface area contributed by atoms with Gasteiger partial charge in [0.25, 0.3) is 0 Å². The molecule has 23 heavy (non-hydrogen) atoms.